The smallest absolute Gasteiger partial charge is 0.305 e. The van der Waals surface area contributed by atoms with Gasteiger partial charge in [0.15, 0.2) is 4.87 Å². The Morgan fingerprint density at radius 2 is 2.15 bits per heavy atom. The molecule has 2 amide bonds. The predicted octanol–water partition coefficient (Wildman–Crippen LogP) is 1.71. The fourth-order valence-electron chi connectivity index (χ4n) is 4.20. The Bertz CT molecular complexity index is 785. The zero-order chi connectivity index (χ0) is 18.5. The minimum Gasteiger partial charge on any atom is -0.481 e. The Hall–Kier alpha value is -2.06. The van der Waals surface area contributed by atoms with Crippen LogP contribution in [0.25, 0.3) is 0 Å². The Morgan fingerprint density at radius 1 is 1.38 bits per heavy atom. The molecule has 2 fully saturated rings. The van der Waals surface area contributed by atoms with Crippen LogP contribution in [0.5, 0.6) is 0 Å². The number of likely N-dealkylation sites (tertiary alicyclic amines) is 1. The van der Waals surface area contributed by atoms with Crippen LogP contribution < -0.4 is 4.90 Å². The summed E-state index contributed by atoms with van der Waals surface area (Å²) in [5, 5.41) is 9.22. The Labute approximate surface area is 155 Å². The molecule has 1 N–H and O–H groups in total. The average molecular weight is 376 g/mol. The second-order valence-corrected chi connectivity index (χ2v) is 8.21. The second kappa shape index (κ2) is 6.28. The maximum atomic E-state index is 13.6. The molecule has 0 aliphatic carbocycles. The number of hydrogen-bond donors (Lipinski definition) is 1. The number of rotatable bonds is 4. The zero-order valence-corrected chi connectivity index (χ0v) is 15.2. The Balaban J connectivity index is 1.69. The lowest BCUT2D eigenvalue weighted by molar-refractivity contribution is -0.140. The summed E-state index contributed by atoms with van der Waals surface area (Å²) >= 11 is 1.41. The molecular weight excluding hydrogens is 356 g/mol. The highest BCUT2D eigenvalue weighted by atomic mass is 32.2. The van der Waals surface area contributed by atoms with E-state index in [0.29, 0.717) is 25.8 Å². The Kier molecular flexibility index (Phi) is 4.19. The van der Waals surface area contributed by atoms with E-state index in [9.17, 15) is 19.5 Å². The van der Waals surface area contributed by atoms with E-state index >= 15 is 0 Å². The van der Waals surface area contributed by atoms with Crippen molar-refractivity contribution < 1.29 is 24.2 Å². The van der Waals surface area contributed by atoms with Crippen LogP contribution in [0, 0.1) is 0 Å². The first-order valence-corrected chi connectivity index (χ1v) is 9.44. The lowest BCUT2D eigenvalue weighted by atomic mass is 10.1. The van der Waals surface area contributed by atoms with Gasteiger partial charge < -0.3 is 14.7 Å². The maximum absolute atomic E-state index is 13.6. The van der Waals surface area contributed by atoms with Crippen molar-refractivity contribution in [2.45, 2.75) is 47.6 Å². The third-order valence-corrected chi connectivity index (χ3v) is 6.85. The van der Waals surface area contributed by atoms with E-state index in [2.05, 4.69) is 0 Å². The summed E-state index contributed by atoms with van der Waals surface area (Å²) in [6, 6.07) is 7.10. The number of hydrogen-bond acceptors (Lipinski definition) is 5. The highest BCUT2D eigenvalue weighted by Gasteiger charge is 2.59. The van der Waals surface area contributed by atoms with E-state index in [-0.39, 0.29) is 24.3 Å². The van der Waals surface area contributed by atoms with Crippen LogP contribution in [0.2, 0.25) is 0 Å². The van der Waals surface area contributed by atoms with E-state index in [0.717, 1.165) is 10.6 Å². The SMILES string of the molecule is COC1CC(CC(=O)O)N(C(=O)C23CCC(=O)N2c2ccccc2S3)C1. The van der Waals surface area contributed by atoms with Gasteiger partial charge in [0.05, 0.1) is 18.2 Å². The summed E-state index contributed by atoms with van der Waals surface area (Å²) in [4.78, 5) is 40.5. The lowest BCUT2D eigenvalue weighted by Crippen LogP contribution is -2.55. The van der Waals surface area contributed by atoms with Crippen LogP contribution in [0.15, 0.2) is 29.2 Å². The molecule has 3 unspecified atom stereocenters. The summed E-state index contributed by atoms with van der Waals surface area (Å²) in [7, 11) is 1.57. The number of anilines is 1. The summed E-state index contributed by atoms with van der Waals surface area (Å²) in [6.45, 7) is 0.355. The molecule has 2 saturated heterocycles. The number of ether oxygens (including phenoxy) is 1. The van der Waals surface area contributed by atoms with Gasteiger partial charge in [-0.2, -0.15) is 0 Å². The number of fused-ring (bicyclic) bond motifs is 3. The molecule has 0 spiro atoms. The monoisotopic (exact) mass is 376 g/mol. The van der Waals surface area contributed by atoms with Crippen LogP contribution in [-0.4, -0.2) is 58.5 Å². The van der Waals surface area contributed by atoms with Gasteiger partial charge >= 0.3 is 5.97 Å². The average Bonchev–Trinajstić information content (AvgIpc) is 3.26. The molecule has 7 nitrogen and oxygen atoms in total. The number of nitrogens with zero attached hydrogens (tertiary/aromatic N) is 2. The largest absolute Gasteiger partial charge is 0.481 e. The molecule has 1 aromatic carbocycles. The van der Waals surface area contributed by atoms with E-state index < -0.39 is 16.9 Å². The van der Waals surface area contributed by atoms with Crippen molar-refractivity contribution in [1.29, 1.82) is 0 Å². The first-order chi connectivity index (χ1) is 12.5. The number of carbonyl (C=O) groups excluding carboxylic acids is 2. The van der Waals surface area contributed by atoms with Gasteiger partial charge in [0, 0.05) is 31.0 Å². The fraction of sp³-hybridized carbons (Fsp3) is 0.500. The minimum atomic E-state index is -1.000. The van der Waals surface area contributed by atoms with E-state index in [1.807, 2.05) is 24.3 Å². The van der Waals surface area contributed by atoms with Gasteiger partial charge in [-0.3, -0.25) is 19.3 Å². The van der Waals surface area contributed by atoms with Crippen molar-refractivity contribution in [2.75, 3.05) is 18.6 Å². The molecule has 0 radical (unpaired) electrons. The van der Waals surface area contributed by atoms with E-state index in [4.69, 9.17) is 4.74 Å². The number of carboxylic acid groups (broad SMARTS) is 1. The van der Waals surface area contributed by atoms with Crippen molar-refractivity contribution in [3.8, 4) is 0 Å². The van der Waals surface area contributed by atoms with Crippen molar-refractivity contribution >= 4 is 35.2 Å². The third kappa shape index (κ3) is 2.51. The van der Waals surface area contributed by atoms with Gasteiger partial charge in [-0.05, 0) is 25.0 Å². The van der Waals surface area contributed by atoms with Crippen molar-refractivity contribution in [2.24, 2.45) is 0 Å². The highest BCUT2D eigenvalue weighted by molar-refractivity contribution is 8.02. The van der Waals surface area contributed by atoms with Crippen LogP contribution in [-0.2, 0) is 19.1 Å². The molecule has 3 heterocycles. The van der Waals surface area contributed by atoms with Gasteiger partial charge in [0.2, 0.25) is 5.91 Å². The lowest BCUT2D eigenvalue weighted by Gasteiger charge is -2.35. The minimum absolute atomic E-state index is 0.0620. The number of carbonyl (C=O) groups is 3. The molecule has 3 aliphatic heterocycles. The number of amides is 2. The predicted molar refractivity (Wildman–Crippen MR) is 94.9 cm³/mol. The molecule has 26 heavy (non-hydrogen) atoms. The first kappa shape index (κ1) is 17.4. The fourth-order valence-corrected chi connectivity index (χ4v) is 5.67. The van der Waals surface area contributed by atoms with Gasteiger partial charge in [-0.1, -0.05) is 23.9 Å². The van der Waals surface area contributed by atoms with Crippen LogP contribution in [0.3, 0.4) is 0 Å². The standard InChI is InChI=1S/C18H20N2O5S/c1-25-12-8-11(9-16(22)23)19(10-12)17(24)18-7-6-15(21)20(18)13-4-2-3-5-14(13)26-18/h2-5,11-12H,6-10H2,1H3,(H,22,23). The van der Waals surface area contributed by atoms with Crippen molar-refractivity contribution in [3.63, 3.8) is 0 Å². The molecule has 138 valence electrons. The van der Waals surface area contributed by atoms with Gasteiger partial charge in [0.25, 0.3) is 5.91 Å². The molecule has 0 bridgehead atoms. The summed E-state index contributed by atoms with van der Waals surface area (Å²) < 4.78 is 5.38. The molecule has 4 rings (SSSR count). The Morgan fingerprint density at radius 3 is 2.88 bits per heavy atom. The molecule has 1 aromatic rings. The van der Waals surface area contributed by atoms with E-state index in [1.54, 1.807) is 16.9 Å². The molecule has 8 heteroatoms. The van der Waals surface area contributed by atoms with E-state index in [1.165, 1.54) is 11.8 Å². The molecule has 0 saturated carbocycles. The number of aliphatic carboxylic acids is 1. The van der Waals surface area contributed by atoms with Crippen LogP contribution >= 0.6 is 11.8 Å². The zero-order valence-electron chi connectivity index (χ0n) is 14.4. The normalized spacial score (nSPS) is 29.8. The van der Waals surface area contributed by atoms with Gasteiger partial charge in [-0.25, -0.2) is 0 Å². The quantitative estimate of drug-likeness (QED) is 0.861. The van der Waals surface area contributed by atoms with Crippen molar-refractivity contribution in [1.82, 2.24) is 4.90 Å². The molecule has 0 aromatic heterocycles. The maximum Gasteiger partial charge on any atom is 0.305 e. The molecule has 3 atom stereocenters. The van der Waals surface area contributed by atoms with Crippen molar-refractivity contribution in [3.05, 3.63) is 24.3 Å². The van der Waals surface area contributed by atoms with Gasteiger partial charge in [-0.15, -0.1) is 0 Å². The molecule has 3 aliphatic rings. The number of carboxylic acids is 1. The first-order valence-electron chi connectivity index (χ1n) is 8.63. The summed E-state index contributed by atoms with van der Waals surface area (Å²) in [5.74, 6) is -1.19. The van der Waals surface area contributed by atoms with Crippen LogP contribution in [0.4, 0.5) is 5.69 Å². The van der Waals surface area contributed by atoms with Crippen LogP contribution in [0.1, 0.15) is 25.7 Å². The molecular formula is C18H20N2O5S. The second-order valence-electron chi connectivity index (χ2n) is 6.89. The number of methoxy groups -OCH3 is 1. The number of benzene rings is 1. The number of thioether (sulfide) groups is 1. The summed E-state index contributed by atoms with van der Waals surface area (Å²) in [6.07, 6.45) is 0.943. The highest BCUT2D eigenvalue weighted by Crippen LogP contribution is 2.56. The third-order valence-electron chi connectivity index (χ3n) is 5.39. The number of para-hydroxylation sites is 1. The van der Waals surface area contributed by atoms with Gasteiger partial charge in [0.1, 0.15) is 0 Å². The summed E-state index contributed by atoms with van der Waals surface area (Å²) in [5.41, 5.74) is 0.769. The topological polar surface area (TPSA) is 87.1 Å².